The van der Waals surface area contributed by atoms with Gasteiger partial charge in [-0.15, -0.1) is 0 Å². The summed E-state index contributed by atoms with van der Waals surface area (Å²) in [5, 5.41) is 0. The van der Waals surface area contributed by atoms with E-state index in [4.69, 9.17) is 0 Å². The number of hydrogen-bond acceptors (Lipinski definition) is 4. The molecule has 5 nitrogen and oxygen atoms in total. The van der Waals surface area contributed by atoms with Gasteiger partial charge in [-0.3, -0.25) is 9.69 Å². The lowest BCUT2D eigenvalue weighted by Crippen LogP contribution is -2.38. The molecule has 5 heteroatoms. The van der Waals surface area contributed by atoms with Crippen LogP contribution in [-0.4, -0.2) is 34.1 Å². The van der Waals surface area contributed by atoms with Crippen LogP contribution in [0.3, 0.4) is 0 Å². The van der Waals surface area contributed by atoms with E-state index in [1.54, 1.807) is 0 Å². The summed E-state index contributed by atoms with van der Waals surface area (Å²) in [6.07, 6.45) is 4.41. The quantitative estimate of drug-likeness (QED) is 0.535. The van der Waals surface area contributed by atoms with Gasteiger partial charge in [-0.2, -0.15) is 4.98 Å². The molecule has 0 spiro atoms. The Labute approximate surface area is 190 Å². The Kier molecular flexibility index (Phi) is 6.08. The van der Waals surface area contributed by atoms with Gasteiger partial charge in [-0.25, -0.2) is 0 Å². The Morgan fingerprint density at radius 3 is 2.59 bits per heavy atom. The molecule has 2 aromatic carbocycles. The number of nitrogens with zero attached hydrogens (tertiary/aromatic N) is 4. The summed E-state index contributed by atoms with van der Waals surface area (Å²) >= 11 is 0. The zero-order valence-corrected chi connectivity index (χ0v) is 19.0. The highest BCUT2D eigenvalue weighted by Gasteiger charge is 2.29. The fourth-order valence-corrected chi connectivity index (χ4v) is 5.08. The number of fused-ring (bicyclic) bond motifs is 3. The molecule has 2 aliphatic rings. The summed E-state index contributed by atoms with van der Waals surface area (Å²) < 4.78 is 2.31. The predicted molar refractivity (Wildman–Crippen MR) is 129 cm³/mol. The molecule has 0 bridgehead atoms. The lowest BCUT2D eigenvalue weighted by Gasteiger charge is -2.30. The van der Waals surface area contributed by atoms with Crippen molar-refractivity contribution in [2.75, 3.05) is 24.5 Å². The van der Waals surface area contributed by atoms with Crippen molar-refractivity contribution >= 4 is 5.95 Å². The van der Waals surface area contributed by atoms with E-state index in [2.05, 4.69) is 80.9 Å². The summed E-state index contributed by atoms with van der Waals surface area (Å²) in [6, 6.07) is 19.2. The van der Waals surface area contributed by atoms with E-state index >= 15 is 0 Å². The van der Waals surface area contributed by atoms with Gasteiger partial charge in [0, 0.05) is 44.8 Å². The number of anilines is 1. The van der Waals surface area contributed by atoms with Crippen molar-refractivity contribution in [3.8, 4) is 0 Å². The van der Waals surface area contributed by atoms with E-state index in [1.165, 1.54) is 28.8 Å². The summed E-state index contributed by atoms with van der Waals surface area (Å²) in [5.74, 6) is 0.855. The first kappa shape index (κ1) is 21.0. The maximum Gasteiger partial charge on any atom is 0.279 e. The molecule has 5 rings (SSSR count). The van der Waals surface area contributed by atoms with Crippen LogP contribution in [0.1, 0.15) is 40.8 Å². The van der Waals surface area contributed by atoms with E-state index in [0.29, 0.717) is 0 Å². The van der Waals surface area contributed by atoms with Crippen LogP contribution in [0.5, 0.6) is 0 Å². The number of aromatic nitrogens is 2. The van der Waals surface area contributed by atoms with Crippen LogP contribution in [-0.2, 0) is 32.5 Å². The lowest BCUT2D eigenvalue weighted by atomic mass is 10.0. The maximum absolute atomic E-state index is 13.0. The van der Waals surface area contributed by atoms with E-state index in [1.807, 2.05) is 0 Å². The molecule has 0 fully saturated rings. The van der Waals surface area contributed by atoms with Crippen molar-refractivity contribution in [3.05, 3.63) is 92.9 Å². The Morgan fingerprint density at radius 1 is 0.938 bits per heavy atom. The molecule has 0 N–H and O–H groups in total. The third-order valence-corrected chi connectivity index (χ3v) is 6.95. The van der Waals surface area contributed by atoms with Gasteiger partial charge in [0.15, 0.2) is 0 Å². The molecule has 32 heavy (non-hydrogen) atoms. The highest BCUT2D eigenvalue weighted by Crippen LogP contribution is 2.26. The average Bonchev–Trinajstić information content (AvgIpc) is 3.21. The van der Waals surface area contributed by atoms with Crippen molar-refractivity contribution in [1.82, 2.24) is 14.5 Å². The first-order valence-corrected chi connectivity index (χ1v) is 11.9. The molecule has 1 aromatic heterocycles. The molecule has 0 amide bonds. The fourth-order valence-electron chi connectivity index (χ4n) is 5.08. The second kappa shape index (κ2) is 9.29. The summed E-state index contributed by atoms with van der Waals surface area (Å²) in [6.45, 7) is 7.61. The maximum atomic E-state index is 13.0. The van der Waals surface area contributed by atoms with Gasteiger partial charge in [0.05, 0.1) is 5.56 Å². The van der Waals surface area contributed by atoms with Gasteiger partial charge in [0.2, 0.25) is 5.95 Å². The Morgan fingerprint density at radius 2 is 1.75 bits per heavy atom. The van der Waals surface area contributed by atoms with Crippen LogP contribution in [0.15, 0.2) is 59.4 Å². The normalized spacial score (nSPS) is 15.6. The minimum atomic E-state index is -0.0306. The van der Waals surface area contributed by atoms with Crippen LogP contribution in [0.25, 0.3) is 0 Å². The summed E-state index contributed by atoms with van der Waals surface area (Å²) in [7, 11) is 0. The minimum absolute atomic E-state index is 0.0306. The molecule has 2 aliphatic heterocycles. The van der Waals surface area contributed by atoms with Crippen LogP contribution >= 0.6 is 0 Å². The SMILES string of the molecule is Cc1ccccc1CN1CCn2c1nc(=O)c1c2CCN(CCCCc2ccccc2)C1. The van der Waals surface area contributed by atoms with E-state index in [9.17, 15) is 4.79 Å². The van der Waals surface area contributed by atoms with E-state index in [0.717, 1.165) is 70.0 Å². The highest BCUT2D eigenvalue weighted by atomic mass is 16.1. The molecule has 0 aliphatic carbocycles. The van der Waals surface area contributed by atoms with Gasteiger partial charge in [0.1, 0.15) is 0 Å². The smallest absolute Gasteiger partial charge is 0.279 e. The van der Waals surface area contributed by atoms with Crippen molar-refractivity contribution in [2.24, 2.45) is 0 Å². The van der Waals surface area contributed by atoms with Crippen LogP contribution in [0.2, 0.25) is 0 Å². The third kappa shape index (κ3) is 4.35. The zero-order valence-electron chi connectivity index (χ0n) is 19.0. The second-order valence-corrected chi connectivity index (χ2v) is 9.11. The molecule has 0 unspecified atom stereocenters. The van der Waals surface area contributed by atoms with Crippen molar-refractivity contribution in [2.45, 2.75) is 52.2 Å². The molecule has 0 saturated carbocycles. The highest BCUT2D eigenvalue weighted by molar-refractivity contribution is 5.42. The molecular weight excluding hydrogens is 396 g/mol. The third-order valence-electron chi connectivity index (χ3n) is 6.95. The zero-order chi connectivity index (χ0) is 21.9. The van der Waals surface area contributed by atoms with Crippen LogP contribution in [0.4, 0.5) is 5.95 Å². The van der Waals surface area contributed by atoms with E-state index < -0.39 is 0 Å². The van der Waals surface area contributed by atoms with Gasteiger partial charge in [-0.1, -0.05) is 54.6 Å². The average molecular weight is 429 g/mol. The number of benzene rings is 2. The van der Waals surface area contributed by atoms with Gasteiger partial charge >= 0.3 is 0 Å². The van der Waals surface area contributed by atoms with Crippen LogP contribution in [0, 0.1) is 6.92 Å². The first-order valence-electron chi connectivity index (χ1n) is 11.9. The number of aryl methyl sites for hydroxylation is 2. The summed E-state index contributed by atoms with van der Waals surface area (Å²) in [5.41, 5.74) is 6.10. The fraction of sp³-hybridized carbons (Fsp3) is 0.407. The Hall–Kier alpha value is -2.92. The molecule has 3 aromatic rings. The standard InChI is InChI=1S/C27H32N4O/c1-21-9-5-6-13-23(21)19-30-17-18-31-25-14-16-29(20-24(25)26(32)28-27(30)31)15-8-7-12-22-10-3-2-4-11-22/h2-6,9-11,13H,7-8,12,14-20H2,1H3. The predicted octanol–water partition coefficient (Wildman–Crippen LogP) is 3.95. The molecular formula is C27H32N4O. The molecule has 166 valence electrons. The number of rotatable bonds is 7. The van der Waals surface area contributed by atoms with Crippen molar-refractivity contribution in [3.63, 3.8) is 0 Å². The van der Waals surface area contributed by atoms with Crippen molar-refractivity contribution in [1.29, 1.82) is 0 Å². The minimum Gasteiger partial charge on any atom is -0.336 e. The van der Waals surface area contributed by atoms with Gasteiger partial charge in [-0.05, 0) is 49.4 Å². The monoisotopic (exact) mass is 428 g/mol. The van der Waals surface area contributed by atoms with Gasteiger partial charge in [0.25, 0.3) is 5.56 Å². The number of hydrogen-bond donors (Lipinski definition) is 0. The van der Waals surface area contributed by atoms with Crippen molar-refractivity contribution < 1.29 is 0 Å². The van der Waals surface area contributed by atoms with E-state index in [-0.39, 0.29) is 5.56 Å². The molecule has 3 heterocycles. The van der Waals surface area contributed by atoms with Crippen LogP contribution < -0.4 is 10.5 Å². The van der Waals surface area contributed by atoms with Gasteiger partial charge < -0.3 is 9.47 Å². The second-order valence-electron chi connectivity index (χ2n) is 9.11. The first-order chi connectivity index (χ1) is 15.7. The molecule has 0 saturated heterocycles. The Bertz CT molecular complexity index is 1140. The summed E-state index contributed by atoms with van der Waals surface area (Å²) in [4.78, 5) is 22.2. The number of unbranched alkanes of at least 4 members (excludes halogenated alkanes) is 1. The Balaban J connectivity index is 1.24. The largest absolute Gasteiger partial charge is 0.336 e. The molecule has 0 atom stereocenters. The lowest BCUT2D eigenvalue weighted by molar-refractivity contribution is 0.243. The topological polar surface area (TPSA) is 41.4 Å². The molecule has 0 radical (unpaired) electrons.